The smallest absolute Gasteiger partial charge is 0.305 e. The van der Waals surface area contributed by atoms with E-state index in [4.69, 9.17) is 10.8 Å². The van der Waals surface area contributed by atoms with Crippen molar-refractivity contribution in [2.45, 2.75) is 31.7 Å². The summed E-state index contributed by atoms with van der Waals surface area (Å²) in [5.74, 6) is -3.79. The first kappa shape index (κ1) is 13.6. The SMILES string of the molecule is CC(F)(F)Cc1cccc(C(N)CC(=O)O)c1. The Kier molecular flexibility index (Phi) is 4.17. The van der Waals surface area contributed by atoms with Gasteiger partial charge in [0.2, 0.25) is 5.92 Å². The minimum atomic E-state index is -2.78. The average molecular weight is 243 g/mol. The van der Waals surface area contributed by atoms with Crippen LogP contribution >= 0.6 is 0 Å². The predicted molar refractivity (Wildman–Crippen MR) is 59.9 cm³/mol. The molecule has 5 heteroatoms. The summed E-state index contributed by atoms with van der Waals surface area (Å²) < 4.78 is 25.7. The molecule has 0 aliphatic rings. The van der Waals surface area contributed by atoms with E-state index in [9.17, 15) is 13.6 Å². The van der Waals surface area contributed by atoms with Crippen LogP contribution in [0.5, 0.6) is 0 Å². The normalized spacial score (nSPS) is 13.4. The van der Waals surface area contributed by atoms with E-state index in [-0.39, 0.29) is 12.8 Å². The van der Waals surface area contributed by atoms with Crippen molar-refractivity contribution in [1.29, 1.82) is 0 Å². The van der Waals surface area contributed by atoms with Crippen LogP contribution in [0.25, 0.3) is 0 Å². The molecule has 1 unspecified atom stereocenters. The van der Waals surface area contributed by atoms with E-state index in [0.29, 0.717) is 11.1 Å². The van der Waals surface area contributed by atoms with Crippen LogP contribution in [0.3, 0.4) is 0 Å². The van der Waals surface area contributed by atoms with Crippen LogP contribution in [0.15, 0.2) is 24.3 Å². The second kappa shape index (κ2) is 5.23. The monoisotopic (exact) mass is 243 g/mol. The van der Waals surface area contributed by atoms with Gasteiger partial charge >= 0.3 is 5.97 Å². The molecular weight excluding hydrogens is 228 g/mol. The third kappa shape index (κ3) is 4.91. The van der Waals surface area contributed by atoms with Crippen LogP contribution in [0.4, 0.5) is 8.78 Å². The van der Waals surface area contributed by atoms with E-state index in [2.05, 4.69) is 0 Å². The lowest BCUT2D eigenvalue weighted by atomic mass is 9.99. The number of rotatable bonds is 5. The molecule has 0 fully saturated rings. The van der Waals surface area contributed by atoms with Crippen molar-refractivity contribution < 1.29 is 18.7 Å². The summed E-state index contributed by atoms with van der Waals surface area (Å²) in [6.45, 7) is 0.844. The van der Waals surface area contributed by atoms with E-state index in [1.807, 2.05) is 0 Å². The van der Waals surface area contributed by atoms with Gasteiger partial charge in [0.15, 0.2) is 0 Å². The summed E-state index contributed by atoms with van der Waals surface area (Å²) in [6, 6.07) is 5.69. The third-order valence-electron chi connectivity index (χ3n) is 2.29. The van der Waals surface area contributed by atoms with Gasteiger partial charge in [0, 0.05) is 12.5 Å². The number of halogens is 2. The van der Waals surface area contributed by atoms with Crippen molar-refractivity contribution in [2.75, 3.05) is 0 Å². The molecule has 1 rings (SSSR count). The number of hydrogen-bond acceptors (Lipinski definition) is 2. The molecular formula is C12H15F2NO2. The summed E-state index contributed by atoms with van der Waals surface area (Å²) in [4.78, 5) is 10.5. The van der Waals surface area contributed by atoms with Crippen molar-refractivity contribution in [3.8, 4) is 0 Å². The molecule has 0 aliphatic heterocycles. The molecule has 0 amide bonds. The molecule has 0 saturated heterocycles. The molecule has 17 heavy (non-hydrogen) atoms. The summed E-state index contributed by atoms with van der Waals surface area (Å²) in [5, 5.41) is 8.60. The lowest BCUT2D eigenvalue weighted by molar-refractivity contribution is -0.137. The fourth-order valence-corrected chi connectivity index (χ4v) is 1.60. The van der Waals surface area contributed by atoms with Crippen LogP contribution in [0, 0.1) is 0 Å². The molecule has 0 bridgehead atoms. The van der Waals surface area contributed by atoms with Crippen molar-refractivity contribution in [3.63, 3.8) is 0 Å². The van der Waals surface area contributed by atoms with Crippen molar-refractivity contribution in [2.24, 2.45) is 5.73 Å². The Hall–Kier alpha value is -1.49. The molecule has 3 N–H and O–H groups in total. The maximum atomic E-state index is 12.8. The second-order valence-corrected chi connectivity index (χ2v) is 4.20. The van der Waals surface area contributed by atoms with Gasteiger partial charge in [-0.05, 0) is 18.1 Å². The Morgan fingerprint density at radius 2 is 2.18 bits per heavy atom. The number of alkyl halides is 2. The van der Waals surface area contributed by atoms with E-state index < -0.39 is 17.9 Å². The predicted octanol–water partition coefficient (Wildman–Crippen LogP) is 2.36. The van der Waals surface area contributed by atoms with Crippen LogP contribution in [0.1, 0.15) is 30.5 Å². The van der Waals surface area contributed by atoms with Crippen LogP contribution < -0.4 is 5.73 Å². The Labute approximate surface area is 98.2 Å². The highest BCUT2D eigenvalue weighted by Gasteiger charge is 2.22. The van der Waals surface area contributed by atoms with E-state index in [1.54, 1.807) is 18.2 Å². The van der Waals surface area contributed by atoms with Gasteiger partial charge < -0.3 is 10.8 Å². The maximum Gasteiger partial charge on any atom is 0.305 e. The number of benzene rings is 1. The Morgan fingerprint density at radius 3 is 2.71 bits per heavy atom. The van der Waals surface area contributed by atoms with E-state index in [0.717, 1.165) is 6.92 Å². The maximum absolute atomic E-state index is 12.8. The van der Waals surface area contributed by atoms with Gasteiger partial charge in [-0.2, -0.15) is 0 Å². The molecule has 0 saturated carbocycles. The zero-order valence-corrected chi connectivity index (χ0v) is 9.49. The number of carbonyl (C=O) groups is 1. The second-order valence-electron chi connectivity index (χ2n) is 4.20. The Morgan fingerprint density at radius 1 is 1.53 bits per heavy atom. The van der Waals surface area contributed by atoms with Gasteiger partial charge in [-0.3, -0.25) is 4.79 Å². The number of nitrogens with two attached hydrogens (primary N) is 1. The zero-order valence-electron chi connectivity index (χ0n) is 9.49. The lowest BCUT2D eigenvalue weighted by Crippen LogP contribution is -2.17. The molecule has 1 aromatic rings. The minimum Gasteiger partial charge on any atom is -0.481 e. The van der Waals surface area contributed by atoms with Gasteiger partial charge in [0.1, 0.15) is 0 Å². The highest BCUT2D eigenvalue weighted by atomic mass is 19.3. The fraction of sp³-hybridized carbons (Fsp3) is 0.417. The van der Waals surface area contributed by atoms with Gasteiger partial charge in [-0.15, -0.1) is 0 Å². The first-order valence-electron chi connectivity index (χ1n) is 5.22. The number of hydrogen-bond donors (Lipinski definition) is 2. The standard InChI is InChI=1S/C12H15F2NO2/c1-12(13,14)7-8-3-2-4-9(5-8)10(15)6-11(16)17/h2-5,10H,6-7,15H2,1H3,(H,16,17). The average Bonchev–Trinajstić information content (AvgIpc) is 2.14. The molecule has 94 valence electrons. The molecule has 0 aliphatic carbocycles. The molecule has 3 nitrogen and oxygen atoms in total. The van der Waals surface area contributed by atoms with Crippen LogP contribution in [0.2, 0.25) is 0 Å². The minimum absolute atomic E-state index is 0.216. The highest BCUT2D eigenvalue weighted by Crippen LogP contribution is 2.22. The third-order valence-corrected chi connectivity index (χ3v) is 2.29. The Bertz CT molecular complexity index is 402. The summed E-state index contributed by atoms with van der Waals surface area (Å²) in [5.41, 5.74) is 6.68. The van der Waals surface area contributed by atoms with Gasteiger partial charge in [-0.25, -0.2) is 8.78 Å². The molecule has 0 radical (unpaired) electrons. The molecule has 1 aromatic carbocycles. The number of carboxylic acids is 1. The van der Waals surface area contributed by atoms with Gasteiger partial charge in [0.05, 0.1) is 6.42 Å². The van der Waals surface area contributed by atoms with Gasteiger partial charge in [0.25, 0.3) is 0 Å². The highest BCUT2D eigenvalue weighted by molar-refractivity contribution is 5.67. The fourth-order valence-electron chi connectivity index (χ4n) is 1.60. The van der Waals surface area contributed by atoms with Gasteiger partial charge in [-0.1, -0.05) is 24.3 Å². The molecule has 0 spiro atoms. The van der Waals surface area contributed by atoms with Crippen molar-refractivity contribution in [3.05, 3.63) is 35.4 Å². The molecule has 0 heterocycles. The topological polar surface area (TPSA) is 63.3 Å². The van der Waals surface area contributed by atoms with E-state index in [1.165, 1.54) is 6.07 Å². The molecule has 1 atom stereocenters. The lowest BCUT2D eigenvalue weighted by Gasteiger charge is -2.13. The summed E-state index contributed by atoms with van der Waals surface area (Å²) in [6.07, 6.45) is -0.591. The van der Waals surface area contributed by atoms with Crippen LogP contribution in [-0.4, -0.2) is 17.0 Å². The summed E-state index contributed by atoms with van der Waals surface area (Å²) >= 11 is 0. The number of carboxylic acid groups (broad SMARTS) is 1. The van der Waals surface area contributed by atoms with E-state index >= 15 is 0 Å². The Balaban J connectivity index is 2.82. The quantitative estimate of drug-likeness (QED) is 0.834. The first-order valence-corrected chi connectivity index (χ1v) is 5.22. The zero-order chi connectivity index (χ0) is 13.1. The van der Waals surface area contributed by atoms with Crippen molar-refractivity contribution in [1.82, 2.24) is 0 Å². The number of aliphatic carboxylic acids is 1. The van der Waals surface area contributed by atoms with Crippen molar-refractivity contribution >= 4 is 5.97 Å². The summed E-state index contributed by atoms with van der Waals surface area (Å²) in [7, 11) is 0. The first-order chi connectivity index (χ1) is 7.78. The molecule has 0 aromatic heterocycles. The largest absolute Gasteiger partial charge is 0.481 e. The van der Waals surface area contributed by atoms with Crippen LogP contribution in [-0.2, 0) is 11.2 Å².